The number of nitrogens with zero attached hydrogens (tertiary/aromatic N) is 3. The maximum atomic E-state index is 11.5. The molecule has 26 heavy (non-hydrogen) atoms. The zero-order valence-corrected chi connectivity index (χ0v) is 15.1. The van der Waals surface area contributed by atoms with E-state index < -0.39 is 0 Å². The Balaban J connectivity index is 1.49. The van der Waals surface area contributed by atoms with Gasteiger partial charge in [0.25, 0.3) is 0 Å². The van der Waals surface area contributed by atoms with Gasteiger partial charge in [0, 0.05) is 54.0 Å². The van der Waals surface area contributed by atoms with Gasteiger partial charge in [0.05, 0.1) is 6.33 Å². The molecule has 0 saturated heterocycles. The number of fused-ring (bicyclic) bond motifs is 1. The number of para-hydroxylation sites is 1. The highest BCUT2D eigenvalue weighted by Crippen LogP contribution is 2.46. The number of carbonyl (C=O) groups excluding carboxylic acids is 1. The van der Waals surface area contributed by atoms with Crippen molar-refractivity contribution < 1.29 is 4.79 Å². The van der Waals surface area contributed by atoms with Crippen LogP contribution in [-0.2, 0) is 24.4 Å². The molecule has 0 unspecified atom stereocenters. The zero-order valence-electron chi connectivity index (χ0n) is 15.1. The van der Waals surface area contributed by atoms with Crippen LogP contribution in [0.25, 0.3) is 10.9 Å². The molecule has 1 aliphatic rings. The fourth-order valence-electron chi connectivity index (χ4n) is 3.87. The van der Waals surface area contributed by atoms with Crippen LogP contribution in [0.1, 0.15) is 24.1 Å². The molecule has 3 aromatic rings. The fraction of sp³-hybridized carbons (Fsp3) is 0.400. The van der Waals surface area contributed by atoms with Crippen molar-refractivity contribution in [1.29, 1.82) is 0 Å². The van der Waals surface area contributed by atoms with Crippen LogP contribution in [0.3, 0.4) is 0 Å². The Kier molecular flexibility index (Phi) is 4.28. The summed E-state index contributed by atoms with van der Waals surface area (Å²) < 4.78 is 4.19. The van der Waals surface area contributed by atoms with E-state index in [9.17, 15) is 4.79 Å². The number of primary amides is 1. The van der Waals surface area contributed by atoms with E-state index in [-0.39, 0.29) is 12.5 Å². The highest BCUT2D eigenvalue weighted by Gasteiger charge is 2.42. The molecule has 1 amide bonds. The number of benzene rings is 1. The number of hydrogen-bond acceptors (Lipinski definition) is 3. The number of nitrogens with one attached hydrogen (secondary N) is 1. The Hall–Kier alpha value is -2.60. The average molecular weight is 351 g/mol. The molecule has 0 bridgehead atoms. The van der Waals surface area contributed by atoms with E-state index in [0.717, 1.165) is 30.8 Å². The van der Waals surface area contributed by atoms with E-state index in [1.54, 1.807) is 0 Å². The lowest BCUT2D eigenvalue weighted by atomic mass is 10.1. The van der Waals surface area contributed by atoms with Gasteiger partial charge in [-0.15, -0.1) is 0 Å². The van der Waals surface area contributed by atoms with Crippen molar-refractivity contribution in [2.24, 2.45) is 11.1 Å². The number of carbonyl (C=O) groups is 1. The molecule has 4 rings (SSSR count). The first-order valence-electron chi connectivity index (χ1n) is 9.09. The highest BCUT2D eigenvalue weighted by molar-refractivity contribution is 5.87. The molecule has 2 heterocycles. The molecule has 3 N–H and O–H groups in total. The summed E-state index contributed by atoms with van der Waals surface area (Å²) in [5, 5.41) is 4.85. The summed E-state index contributed by atoms with van der Waals surface area (Å²) in [7, 11) is 0. The number of nitrogens with two attached hydrogens (primary N) is 1. The first-order chi connectivity index (χ1) is 12.6. The van der Waals surface area contributed by atoms with Gasteiger partial charge in [0.2, 0.25) is 5.91 Å². The van der Waals surface area contributed by atoms with Crippen molar-refractivity contribution in [2.45, 2.75) is 39.4 Å². The first kappa shape index (κ1) is 16.8. The fourth-order valence-corrected chi connectivity index (χ4v) is 3.87. The number of rotatable bonds is 8. The summed E-state index contributed by atoms with van der Waals surface area (Å²) in [6.45, 7) is 5.08. The lowest BCUT2D eigenvalue weighted by molar-refractivity contribution is -0.118. The Morgan fingerprint density at radius 1 is 1.35 bits per heavy atom. The monoisotopic (exact) mass is 351 g/mol. The van der Waals surface area contributed by atoms with Gasteiger partial charge in [0.1, 0.15) is 6.54 Å². The second kappa shape index (κ2) is 6.61. The summed E-state index contributed by atoms with van der Waals surface area (Å²) in [6, 6.07) is 8.22. The van der Waals surface area contributed by atoms with Crippen molar-refractivity contribution in [3.05, 3.63) is 54.2 Å². The quantitative estimate of drug-likeness (QED) is 0.653. The Morgan fingerprint density at radius 3 is 2.85 bits per heavy atom. The number of aromatic nitrogens is 3. The third-order valence-corrected chi connectivity index (χ3v) is 5.51. The van der Waals surface area contributed by atoms with Gasteiger partial charge in [0.15, 0.2) is 0 Å². The predicted molar refractivity (Wildman–Crippen MR) is 101 cm³/mol. The van der Waals surface area contributed by atoms with Crippen molar-refractivity contribution in [2.75, 3.05) is 6.54 Å². The molecular weight excluding hydrogens is 326 g/mol. The molecule has 1 aliphatic carbocycles. The third-order valence-electron chi connectivity index (χ3n) is 5.51. The molecule has 0 atom stereocenters. The van der Waals surface area contributed by atoms with Crippen molar-refractivity contribution in [3.8, 4) is 0 Å². The molecule has 2 aromatic heterocycles. The van der Waals surface area contributed by atoms with Crippen molar-refractivity contribution >= 4 is 16.8 Å². The van der Waals surface area contributed by atoms with Gasteiger partial charge in [-0.1, -0.05) is 18.2 Å². The second-order valence-electron chi connectivity index (χ2n) is 7.47. The molecular formula is C20H25N5O. The number of imidazole rings is 1. The summed E-state index contributed by atoms with van der Waals surface area (Å²) in [6.07, 6.45) is 8.25. The topological polar surface area (TPSA) is 77.9 Å². The maximum Gasteiger partial charge on any atom is 0.237 e. The second-order valence-corrected chi connectivity index (χ2v) is 7.47. The summed E-state index contributed by atoms with van der Waals surface area (Å²) in [5.74, 6) is -0.314. The predicted octanol–water partition coefficient (Wildman–Crippen LogP) is 2.20. The lowest BCUT2D eigenvalue weighted by Crippen LogP contribution is -2.27. The van der Waals surface area contributed by atoms with E-state index in [2.05, 4.69) is 33.9 Å². The molecule has 0 aliphatic heterocycles. The van der Waals surface area contributed by atoms with Gasteiger partial charge in [-0.25, -0.2) is 4.98 Å². The minimum absolute atomic E-state index is 0.219. The average Bonchev–Trinajstić information content (AvgIpc) is 3.08. The number of amides is 1. The molecule has 1 saturated carbocycles. The minimum atomic E-state index is -0.314. The van der Waals surface area contributed by atoms with E-state index in [4.69, 9.17) is 5.73 Å². The Labute approximate surface area is 153 Å². The van der Waals surface area contributed by atoms with Gasteiger partial charge in [-0.3, -0.25) is 4.79 Å². The van der Waals surface area contributed by atoms with E-state index in [0.29, 0.717) is 5.41 Å². The Bertz CT molecular complexity index is 921. The van der Waals surface area contributed by atoms with Crippen LogP contribution >= 0.6 is 0 Å². The molecule has 1 aromatic carbocycles. The summed E-state index contributed by atoms with van der Waals surface area (Å²) >= 11 is 0. The molecule has 6 nitrogen and oxygen atoms in total. The van der Waals surface area contributed by atoms with Crippen LogP contribution in [0.15, 0.2) is 43.0 Å². The molecule has 0 radical (unpaired) electrons. The lowest BCUT2D eigenvalue weighted by Gasteiger charge is -2.17. The summed E-state index contributed by atoms with van der Waals surface area (Å²) in [5.41, 5.74) is 9.22. The highest BCUT2D eigenvalue weighted by atomic mass is 16.1. The third kappa shape index (κ3) is 3.24. The normalized spacial score (nSPS) is 15.4. The van der Waals surface area contributed by atoms with Crippen molar-refractivity contribution in [3.63, 3.8) is 0 Å². The van der Waals surface area contributed by atoms with Crippen LogP contribution in [0.2, 0.25) is 0 Å². The van der Waals surface area contributed by atoms with Crippen LogP contribution in [0.4, 0.5) is 0 Å². The SMILES string of the molecule is Cc1c(CNCC2(Cn3ccnc3)CC2)c2ccccc2n1CC(N)=O. The van der Waals surface area contributed by atoms with Crippen LogP contribution in [-0.4, -0.2) is 26.6 Å². The Morgan fingerprint density at radius 2 is 2.15 bits per heavy atom. The maximum absolute atomic E-state index is 11.5. The minimum Gasteiger partial charge on any atom is -0.368 e. The molecule has 6 heteroatoms. The first-order valence-corrected chi connectivity index (χ1v) is 9.09. The molecule has 0 spiro atoms. The van der Waals surface area contributed by atoms with Gasteiger partial charge < -0.3 is 20.2 Å². The smallest absolute Gasteiger partial charge is 0.237 e. The summed E-state index contributed by atoms with van der Waals surface area (Å²) in [4.78, 5) is 15.6. The zero-order chi connectivity index (χ0) is 18.1. The van der Waals surface area contributed by atoms with Crippen LogP contribution in [0, 0.1) is 12.3 Å². The van der Waals surface area contributed by atoms with Crippen molar-refractivity contribution in [1.82, 2.24) is 19.4 Å². The largest absolute Gasteiger partial charge is 0.368 e. The van der Waals surface area contributed by atoms with Gasteiger partial charge >= 0.3 is 0 Å². The van der Waals surface area contributed by atoms with Crippen LogP contribution < -0.4 is 11.1 Å². The van der Waals surface area contributed by atoms with E-state index in [1.165, 1.54) is 23.8 Å². The molecule has 136 valence electrons. The number of hydrogen-bond donors (Lipinski definition) is 2. The van der Waals surface area contributed by atoms with E-state index >= 15 is 0 Å². The van der Waals surface area contributed by atoms with Crippen LogP contribution in [0.5, 0.6) is 0 Å². The van der Waals surface area contributed by atoms with E-state index in [1.807, 2.05) is 35.4 Å². The standard InChI is InChI=1S/C20H25N5O/c1-15-17(16-4-2-3-5-18(16)25(15)11-19(21)26)10-23-12-20(6-7-20)13-24-9-8-22-14-24/h2-5,8-9,14,23H,6-7,10-13H2,1H3,(H2,21,26). The van der Waals surface area contributed by atoms with Gasteiger partial charge in [-0.2, -0.15) is 0 Å². The molecule has 1 fully saturated rings. The van der Waals surface area contributed by atoms with Gasteiger partial charge in [-0.05, 0) is 31.4 Å².